The van der Waals surface area contributed by atoms with Gasteiger partial charge in [-0.3, -0.25) is 9.97 Å². The Labute approximate surface area is 86.7 Å². The molecule has 0 spiro atoms. The van der Waals surface area contributed by atoms with E-state index in [2.05, 4.69) is 28.7 Å². The molecule has 1 radical (unpaired) electrons. The van der Waals surface area contributed by atoms with Crippen molar-refractivity contribution in [3.8, 4) is 23.1 Å². The number of hydrogen-bond donors (Lipinski definition) is 0. The van der Waals surface area contributed by atoms with Gasteiger partial charge in [0.25, 0.3) is 0 Å². The van der Waals surface area contributed by atoms with Crippen molar-refractivity contribution in [2.24, 2.45) is 0 Å². The van der Waals surface area contributed by atoms with Crippen LogP contribution in [-0.4, -0.2) is 9.97 Å². The maximum atomic E-state index is 4.22. The van der Waals surface area contributed by atoms with E-state index in [1.54, 1.807) is 29.9 Å². The quantitative estimate of drug-likeness (QED) is 0.659. The van der Waals surface area contributed by atoms with Crippen LogP contribution in [-0.2, 0) is 0 Å². The normalized spacial score (nSPS) is 9.21. The zero-order chi connectivity index (χ0) is 9.80. The van der Waals surface area contributed by atoms with E-state index in [-0.39, 0.29) is 0 Å². The third-order valence-electron chi connectivity index (χ3n) is 1.71. The van der Waals surface area contributed by atoms with Crippen molar-refractivity contribution in [1.82, 2.24) is 9.97 Å². The van der Waals surface area contributed by atoms with Gasteiger partial charge in [-0.1, -0.05) is 11.8 Å². The molecule has 0 aliphatic rings. The summed E-state index contributed by atoms with van der Waals surface area (Å²) in [4.78, 5) is 9.23. The van der Waals surface area contributed by atoms with Gasteiger partial charge in [0.1, 0.15) is 0 Å². The molecule has 2 nitrogen and oxygen atoms in total. The maximum absolute atomic E-state index is 4.22. The second-order valence-electron chi connectivity index (χ2n) is 2.56. The molecule has 14 heavy (non-hydrogen) atoms. The third-order valence-corrected chi connectivity index (χ3v) is 2.54. The van der Waals surface area contributed by atoms with Gasteiger partial charge in [0.2, 0.25) is 0 Å². The Hall–Kier alpha value is -1.66. The lowest BCUT2D eigenvalue weighted by Gasteiger charge is -1.95. The number of nitrogens with zero attached hydrogens (tertiary/aromatic N) is 2. The Morgan fingerprint density at radius 3 is 3.00 bits per heavy atom. The average Bonchev–Trinajstić information content (AvgIpc) is 2.68. The van der Waals surface area contributed by atoms with Crippen molar-refractivity contribution in [2.75, 3.05) is 0 Å². The van der Waals surface area contributed by atoms with Crippen molar-refractivity contribution in [3.05, 3.63) is 41.8 Å². The SMILES string of the molecule is [CH2]C#Cc1sccc1-c1cnccn1. The van der Waals surface area contributed by atoms with Crippen LogP contribution in [0.2, 0.25) is 0 Å². The predicted molar refractivity (Wildman–Crippen MR) is 57.6 cm³/mol. The number of rotatable bonds is 1. The highest BCUT2D eigenvalue weighted by Crippen LogP contribution is 2.24. The molecule has 0 saturated heterocycles. The van der Waals surface area contributed by atoms with Crippen LogP contribution < -0.4 is 0 Å². The molecule has 0 aromatic carbocycles. The molecular formula is C11H7N2S. The summed E-state index contributed by atoms with van der Waals surface area (Å²) in [6.45, 7) is 3.50. The minimum atomic E-state index is 0.853. The Morgan fingerprint density at radius 2 is 2.29 bits per heavy atom. The minimum absolute atomic E-state index is 0.853. The highest BCUT2D eigenvalue weighted by Gasteiger charge is 2.04. The Kier molecular flexibility index (Phi) is 2.57. The standard InChI is InChI=1S/C11H7N2S/c1-2-3-11-9(4-7-14-11)10-8-12-5-6-13-10/h4-8H,1H2. The Bertz CT molecular complexity index is 477. The van der Waals surface area contributed by atoms with Crippen molar-refractivity contribution >= 4 is 11.3 Å². The zero-order valence-corrected chi connectivity index (χ0v) is 8.21. The summed E-state index contributed by atoms with van der Waals surface area (Å²) in [5.41, 5.74) is 1.88. The van der Waals surface area contributed by atoms with Crippen LogP contribution >= 0.6 is 11.3 Å². The van der Waals surface area contributed by atoms with E-state index < -0.39 is 0 Å². The first-order valence-corrected chi connectivity index (χ1v) is 4.92. The second-order valence-corrected chi connectivity index (χ2v) is 3.47. The molecule has 2 rings (SSSR count). The number of aromatic nitrogens is 2. The molecule has 0 saturated carbocycles. The van der Waals surface area contributed by atoms with Gasteiger partial charge >= 0.3 is 0 Å². The number of hydrogen-bond acceptors (Lipinski definition) is 3. The molecule has 3 heteroatoms. The molecule has 0 unspecified atom stereocenters. The predicted octanol–water partition coefficient (Wildman–Crippen LogP) is 2.39. The highest BCUT2D eigenvalue weighted by atomic mass is 32.1. The molecule has 0 atom stereocenters. The summed E-state index contributed by atoms with van der Waals surface area (Å²) in [7, 11) is 0. The zero-order valence-electron chi connectivity index (χ0n) is 7.40. The van der Waals surface area contributed by atoms with Gasteiger partial charge in [-0.05, 0) is 11.4 Å². The molecule has 2 aromatic rings. The van der Waals surface area contributed by atoms with Gasteiger partial charge in [0.15, 0.2) is 0 Å². The molecular weight excluding hydrogens is 192 g/mol. The molecule has 2 heterocycles. The fourth-order valence-corrected chi connectivity index (χ4v) is 1.90. The summed E-state index contributed by atoms with van der Waals surface area (Å²) >= 11 is 1.59. The van der Waals surface area contributed by atoms with Crippen LogP contribution in [0.4, 0.5) is 0 Å². The van der Waals surface area contributed by atoms with Gasteiger partial charge in [0.05, 0.1) is 16.8 Å². The van der Waals surface area contributed by atoms with Gasteiger partial charge in [-0.15, -0.1) is 11.3 Å². The Morgan fingerprint density at radius 1 is 1.36 bits per heavy atom. The van der Waals surface area contributed by atoms with Crippen molar-refractivity contribution in [2.45, 2.75) is 0 Å². The van der Waals surface area contributed by atoms with Gasteiger partial charge in [0, 0.05) is 24.9 Å². The van der Waals surface area contributed by atoms with E-state index in [9.17, 15) is 0 Å². The van der Waals surface area contributed by atoms with Gasteiger partial charge < -0.3 is 0 Å². The summed E-state index contributed by atoms with van der Waals surface area (Å²) in [5, 5.41) is 1.99. The monoisotopic (exact) mass is 199 g/mol. The van der Waals surface area contributed by atoms with Gasteiger partial charge in [-0.2, -0.15) is 0 Å². The largest absolute Gasteiger partial charge is 0.261 e. The van der Waals surface area contributed by atoms with E-state index in [0.717, 1.165) is 16.1 Å². The van der Waals surface area contributed by atoms with Crippen LogP contribution in [0.1, 0.15) is 4.88 Å². The fraction of sp³-hybridized carbons (Fsp3) is 0. The van der Waals surface area contributed by atoms with Crippen LogP contribution in [0, 0.1) is 18.8 Å². The lowest BCUT2D eigenvalue weighted by molar-refractivity contribution is 1.21. The van der Waals surface area contributed by atoms with Crippen molar-refractivity contribution < 1.29 is 0 Å². The number of thiophene rings is 1. The van der Waals surface area contributed by atoms with Crippen LogP contribution in [0.25, 0.3) is 11.3 Å². The maximum Gasteiger partial charge on any atom is 0.0906 e. The summed E-state index contributed by atoms with van der Waals surface area (Å²) in [6, 6.07) is 1.99. The van der Waals surface area contributed by atoms with Crippen molar-refractivity contribution in [1.29, 1.82) is 0 Å². The minimum Gasteiger partial charge on any atom is -0.261 e. The summed E-state index contributed by atoms with van der Waals surface area (Å²) in [6.07, 6.45) is 5.06. The lowest BCUT2D eigenvalue weighted by atomic mass is 10.2. The average molecular weight is 199 g/mol. The first-order valence-electron chi connectivity index (χ1n) is 4.04. The smallest absolute Gasteiger partial charge is 0.0906 e. The topological polar surface area (TPSA) is 25.8 Å². The van der Waals surface area contributed by atoms with E-state index >= 15 is 0 Å². The third kappa shape index (κ3) is 1.66. The molecule has 0 fully saturated rings. The summed E-state index contributed by atoms with van der Waals surface area (Å²) < 4.78 is 0. The molecule has 0 aliphatic carbocycles. The van der Waals surface area contributed by atoms with Gasteiger partial charge in [-0.25, -0.2) is 0 Å². The summed E-state index contributed by atoms with van der Waals surface area (Å²) in [5.74, 6) is 5.59. The van der Waals surface area contributed by atoms with E-state index in [1.807, 2.05) is 11.4 Å². The second kappa shape index (κ2) is 4.03. The van der Waals surface area contributed by atoms with Crippen molar-refractivity contribution in [3.63, 3.8) is 0 Å². The molecule has 2 aromatic heterocycles. The Balaban J connectivity index is 2.50. The first-order chi connectivity index (χ1) is 6.92. The molecule has 0 aliphatic heterocycles. The first kappa shape index (κ1) is 8.92. The van der Waals surface area contributed by atoms with E-state index in [4.69, 9.17) is 0 Å². The van der Waals surface area contributed by atoms with Crippen LogP contribution in [0.3, 0.4) is 0 Å². The molecule has 67 valence electrons. The highest BCUT2D eigenvalue weighted by molar-refractivity contribution is 7.11. The lowest BCUT2D eigenvalue weighted by Crippen LogP contribution is -1.83. The fourth-order valence-electron chi connectivity index (χ4n) is 1.13. The van der Waals surface area contributed by atoms with E-state index in [1.165, 1.54) is 0 Å². The molecule has 0 amide bonds. The van der Waals surface area contributed by atoms with E-state index in [0.29, 0.717) is 0 Å². The molecule has 0 N–H and O–H groups in total. The van der Waals surface area contributed by atoms with Crippen LogP contribution in [0.5, 0.6) is 0 Å². The molecule has 0 bridgehead atoms. The van der Waals surface area contributed by atoms with Crippen LogP contribution in [0.15, 0.2) is 30.0 Å².